The van der Waals surface area contributed by atoms with Gasteiger partial charge in [-0.15, -0.1) is 0 Å². The van der Waals surface area contributed by atoms with Gasteiger partial charge in [0, 0.05) is 0 Å². The van der Waals surface area contributed by atoms with Crippen LogP contribution in [0.3, 0.4) is 0 Å². The molecule has 0 radical (unpaired) electrons. The van der Waals surface area contributed by atoms with Crippen molar-refractivity contribution < 1.29 is 4.39 Å². The molecular weight excluding hydrogens is 491 g/mol. The van der Waals surface area contributed by atoms with Crippen molar-refractivity contribution in [1.29, 1.82) is 0 Å². The lowest BCUT2D eigenvalue weighted by molar-refractivity contribution is 0.186. The van der Waals surface area contributed by atoms with Crippen molar-refractivity contribution in [1.82, 2.24) is 0 Å². The number of aryl methyl sites for hydroxylation is 1. The summed E-state index contributed by atoms with van der Waals surface area (Å²) in [6.07, 6.45) is 12.2. The predicted octanol–water partition coefficient (Wildman–Crippen LogP) is 10.1. The molecule has 1 saturated carbocycles. The van der Waals surface area contributed by atoms with Crippen LogP contribution in [0.2, 0.25) is 23.2 Å². The van der Waals surface area contributed by atoms with Gasteiger partial charge in [0.05, 0.1) is 13.1 Å². The molecular formula is C34H42ClFSi. The largest absolute Gasteiger partial charge is 0.205 e. The predicted molar refractivity (Wildman–Crippen MR) is 160 cm³/mol. The average molecular weight is 533 g/mol. The first-order valence-corrected chi connectivity index (χ1v) is 17.7. The van der Waals surface area contributed by atoms with Gasteiger partial charge in [-0.25, -0.2) is 4.39 Å². The summed E-state index contributed by atoms with van der Waals surface area (Å²) < 4.78 is 14.1. The van der Waals surface area contributed by atoms with Crippen molar-refractivity contribution in [3.63, 3.8) is 0 Å². The summed E-state index contributed by atoms with van der Waals surface area (Å²) in [4.78, 5) is 0. The van der Waals surface area contributed by atoms with Gasteiger partial charge < -0.3 is 0 Å². The van der Waals surface area contributed by atoms with Gasteiger partial charge in [-0.05, 0) is 72.3 Å². The Balaban J connectivity index is 1.14. The molecule has 0 atom stereocenters. The topological polar surface area (TPSA) is 0 Å². The van der Waals surface area contributed by atoms with E-state index in [4.69, 9.17) is 11.6 Å². The summed E-state index contributed by atoms with van der Waals surface area (Å²) in [6, 6.07) is 29.8. The highest BCUT2D eigenvalue weighted by molar-refractivity contribution is 6.92. The zero-order valence-electron chi connectivity index (χ0n) is 22.4. The van der Waals surface area contributed by atoms with Crippen molar-refractivity contribution in [2.75, 3.05) is 0 Å². The van der Waals surface area contributed by atoms with E-state index in [1.807, 2.05) is 6.07 Å². The van der Waals surface area contributed by atoms with Gasteiger partial charge in [0.1, 0.15) is 5.82 Å². The minimum Gasteiger partial charge on any atom is -0.205 e. The monoisotopic (exact) mass is 532 g/mol. The SMILES string of the molecule is CCC[Si]1(c2ccccc2)CCC(C2CCC(CCc3ccccc3-c3ccc(Cl)c(F)c3)CC2)CC1. The van der Waals surface area contributed by atoms with Gasteiger partial charge in [-0.1, -0.05) is 135 Å². The summed E-state index contributed by atoms with van der Waals surface area (Å²) in [5.41, 5.74) is 3.40. The Bertz CT molecular complexity index is 1140. The quantitative estimate of drug-likeness (QED) is 0.253. The van der Waals surface area contributed by atoms with E-state index in [-0.39, 0.29) is 10.8 Å². The standard InChI is InChI=1S/C34H42ClFSi/c1-2-22-37(31-9-4-3-5-10-31)23-20-28(21-24-37)27-15-12-26(13-16-27)14-17-29-8-6-7-11-32(29)30-18-19-33(35)34(36)25-30/h3-11,18-19,25-28H,2,12-17,20-24H2,1H3. The Labute approximate surface area is 229 Å². The van der Waals surface area contributed by atoms with E-state index in [1.54, 1.807) is 17.3 Å². The molecule has 3 aromatic rings. The van der Waals surface area contributed by atoms with E-state index in [0.29, 0.717) is 0 Å². The van der Waals surface area contributed by atoms with E-state index in [1.165, 1.54) is 75.1 Å². The molecule has 0 unspecified atom stereocenters. The maximum absolute atomic E-state index is 14.1. The molecule has 1 heterocycles. The minimum absolute atomic E-state index is 0.189. The third-order valence-corrected chi connectivity index (χ3v) is 15.5. The third-order valence-electron chi connectivity index (χ3n) is 9.73. The maximum atomic E-state index is 14.1. The summed E-state index contributed by atoms with van der Waals surface area (Å²) in [5, 5.41) is 1.91. The summed E-state index contributed by atoms with van der Waals surface area (Å²) in [5.74, 6) is 2.40. The fourth-order valence-electron chi connectivity index (χ4n) is 7.61. The lowest BCUT2D eigenvalue weighted by Gasteiger charge is -2.43. The van der Waals surface area contributed by atoms with Crippen molar-refractivity contribution in [3.05, 3.63) is 89.2 Å². The molecule has 1 aliphatic carbocycles. The van der Waals surface area contributed by atoms with Gasteiger partial charge in [0.25, 0.3) is 0 Å². The second-order valence-corrected chi connectivity index (χ2v) is 16.9. The summed E-state index contributed by atoms with van der Waals surface area (Å²) in [6.45, 7) is 2.39. The van der Waals surface area contributed by atoms with Crippen LogP contribution in [0.15, 0.2) is 72.8 Å². The van der Waals surface area contributed by atoms with E-state index >= 15 is 0 Å². The third kappa shape index (κ3) is 6.23. The highest BCUT2D eigenvalue weighted by Crippen LogP contribution is 2.44. The zero-order chi connectivity index (χ0) is 25.7. The summed E-state index contributed by atoms with van der Waals surface area (Å²) in [7, 11) is -1.30. The molecule has 0 N–H and O–H groups in total. The fraction of sp³-hybridized carbons (Fsp3) is 0.471. The second kappa shape index (κ2) is 12.3. The van der Waals surface area contributed by atoms with E-state index in [2.05, 4.69) is 61.5 Å². The van der Waals surface area contributed by atoms with Crippen molar-refractivity contribution in [2.24, 2.45) is 17.8 Å². The van der Waals surface area contributed by atoms with Gasteiger partial charge in [0.15, 0.2) is 0 Å². The Kier molecular flexibility index (Phi) is 8.88. The molecule has 0 aromatic heterocycles. The first kappa shape index (κ1) is 26.7. The van der Waals surface area contributed by atoms with Crippen LogP contribution < -0.4 is 5.19 Å². The number of halogens is 2. The normalized spacial score (nSPS) is 26.2. The first-order chi connectivity index (χ1) is 18.1. The number of rotatable bonds is 8. The maximum Gasteiger partial charge on any atom is 0.142 e. The van der Waals surface area contributed by atoms with Gasteiger partial charge in [-0.3, -0.25) is 0 Å². The fourth-order valence-corrected chi connectivity index (χ4v) is 13.0. The number of benzene rings is 3. The van der Waals surface area contributed by atoms with Gasteiger partial charge >= 0.3 is 0 Å². The molecule has 0 amide bonds. The van der Waals surface area contributed by atoms with Crippen molar-refractivity contribution in [2.45, 2.75) is 82.8 Å². The lowest BCUT2D eigenvalue weighted by Crippen LogP contribution is -2.50. The van der Waals surface area contributed by atoms with Crippen LogP contribution in [-0.4, -0.2) is 8.07 Å². The van der Waals surface area contributed by atoms with E-state index in [9.17, 15) is 4.39 Å². The molecule has 1 aliphatic heterocycles. The molecule has 0 bridgehead atoms. The van der Waals surface area contributed by atoms with Crippen molar-refractivity contribution in [3.8, 4) is 11.1 Å². The lowest BCUT2D eigenvalue weighted by atomic mass is 9.72. The van der Waals surface area contributed by atoms with Gasteiger partial charge in [0.2, 0.25) is 0 Å². The van der Waals surface area contributed by atoms with Crippen LogP contribution >= 0.6 is 11.6 Å². The molecule has 1 saturated heterocycles. The molecule has 37 heavy (non-hydrogen) atoms. The molecule has 2 aliphatic rings. The van der Waals surface area contributed by atoms with Crippen LogP contribution in [-0.2, 0) is 6.42 Å². The Morgan fingerprint density at radius 2 is 1.49 bits per heavy atom. The molecule has 196 valence electrons. The van der Waals surface area contributed by atoms with Crippen LogP contribution in [0.4, 0.5) is 4.39 Å². The van der Waals surface area contributed by atoms with Crippen LogP contribution in [0.5, 0.6) is 0 Å². The second-order valence-electron chi connectivity index (χ2n) is 11.8. The number of hydrogen-bond acceptors (Lipinski definition) is 0. The molecule has 3 aromatic carbocycles. The highest BCUT2D eigenvalue weighted by Gasteiger charge is 2.40. The van der Waals surface area contributed by atoms with Crippen LogP contribution in [0, 0.1) is 23.6 Å². The minimum atomic E-state index is -1.30. The smallest absolute Gasteiger partial charge is 0.142 e. The average Bonchev–Trinajstić information content (AvgIpc) is 2.95. The van der Waals surface area contributed by atoms with Gasteiger partial charge in [-0.2, -0.15) is 0 Å². The molecule has 0 spiro atoms. The van der Waals surface area contributed by atoms with Crippen LogP contribution in [0.1, 0.15) is 63.9 Å². The first-order valence-electron chi connectivity index (χ1n) is 14.7. The zero-order valence-corrected chi connectivity index (χ0v) is 24.2. The van der Waals surface area contributed by atoms with E-state index in [0.717, 1.165) is 35.3 Å². The Morgan fingerprint density at radius 1 is 0.811 bits per heavy atom. The molecule has 5 rings (SSSR count). The summed E-state index contributed by atoms with van der Waals surface area (Å²) >= 11 is 5.92. The van der Waals surface area contributed by atoms with Crippen molar-refractivity contribution >= 4 is 24.9 Å². The van der Waals surface area contributed by atoms with Crippen LogP contribution in [0.25, 0.3) is 11.1 Å². The Morgan fingerprint density at radius 3 is 2.19 bits per heavy atom. The Hall–Kier alpha value is -1.90. The highest BCUT2D eigenvalue weighted by atomic mass is 35.5. The molecule has 3 heteroatoms. The molecule has 2 fully saturated rings. The molecule has 0 nitrogen and oxygen atoms in total. The van der Waals surface area contributed by atoms with E-state index < -0.39 is 8.07 Å². The number of hydrogen-bond donors (Lipinski definition) is 0.